The van der Waals surface area contributed by atoms with Gasteiger partial charge in [-0.2, -0.15) is 0 Å². The lowest BCUT2D eigenvalue weighted by atomic mass is 9.99. The maximum Gasteiger partial charge on any atom is 0.129 e. The van der Waals surface area contributed by atoms with Crippen LogP contribution in [-0.4, -0.2) is 11.2 Å². The third-order valence-electron chi connectivity index (χ3n) is 3.47. The molecule has 0 amide bonds. The molecular weight excluding hydrogens is 255 g/mol. The van der Waals surface area contributed by atoms with Crippen molar-refractivity contribution in [1.29, 1.82) is 0 Å². The van der Waals surface area contributed by atoms with Gasteiger partial charge in [0.05, 0.1) is 6.10 Å². The van der Waals surface area contributed by atoms with Gasteiger partial charge in [0.15, 0.2) is 0 Å². The van der Waals surface area contributed by atoms with Gasteiger partial charge in [0, 0.05) is 5.56 Å². The van der Waals surface area contributed by atoms with Crippen LogP contribution in [0.5, 0.6) is 5.75 Å². The van der Waals surface area contributed by atoms with Crippen LogP contribution in [0.4, 0.5) is 4.39 Å². The van der Waals surface area contributed by atoms with Crippen LogP contribution in [0, 0.1) is 12.7 Å². The molecular formula is C17H17FO2. The zero-order valence-electron chi connectivity index (χ0n) is 11.3. The Kier molecular flexibility index (Phi) is 3.45. The highest BCUT2D eigenvalue weighted by atomic mass is 19.1. The largest absolute Gasteiger partial charge is 0.490 e. The number of hydrogen-bond acceptors (Lipinski definition) is 2. The number of aliphatic hydroxyl groups excluding tert-OH is 1. The van der Waals surface area contributed by atoms with E-state index in [1.165, 1.54) is 6.07 Å². The van der Waals surface area contributed by atoms with E-state index in [1.807, 2.05) is 19.1 Å². The van der Waals surface area contributed by atoms with Crippen molar-refractivity contribution in [1.82, 2.24) is 0 Å². The van der Waals surface area contributed by atoms with Crippen LogP contribution < -0.4 is 4.74 Å². The zero-order chi connectivity index (χ0) is 14.1. The highest BCUT2D eigenvalue weighted by Crippen LogP contribution is 2.29. The Hall–Kier alpha value is -1.87. The lowest BCUT2D eigenvalue weighted by Gasteiger charge is -2.14. The summed E-state index contributed by atoms with van der Waals surface area (Å²) in [6.07, 6.45) is 1.61. The maximum absolute atomic E-state index is 13.8. The number of halogens is 1. The summed E-state index contributed by atoms with van der Waals surface area (Å²) in [5, 5.41) is 10.3. The van der Waals surface area contributed by atoms with Crippen LogP contribution in [0.25, 0.3) is 0 Å². The predicted molar refractivity (Wildman–Crippen MR) is 75.3 cm³/mol. The molecule has 0 saturated heterocycles. The average molecular weight is 272 g/mol. The molecule has 1 fully saturated rings. The average Bonchev–Trinajstić information content (AvgIpc) is 3.26. The fourth-order valence-corrected chi connectivity index (χ4v) is 2.16. The van der Waals surface area contributed by atoms with Gasteiger partial charge in [-0.1, -0.05) is 29.8 Å². The van der Waals surface area contributed by atoms with E-state index in [0.29, 0.717) is 17.2 Å². The van der Waals surface area contributed by atoms with Gasteiger partial charge in [-0.15, -0.1) is 0 Å². The van der Waals surface area contributed by atoms with E-state index in [4.69, 9.17) is 4.74 Å². The molecule has 2 nitrogen and oxygen atoms in total. The Labute approximate surface area is 117 Å². The molecule has 3 rings (SSSR count). The van der Waals surface area contributed by atoms with Crippen LogP contribution >= 0.6 is 0 Å². The van der Waals surface area contributed by atoms with E-state index in [0.717, 1.165) is 24.2 Å². The van der Waals surface area contributed by atoms with Gasteiger partial charge in [0.1, 0.15) is 17.7 Å². The number of rotatable bonds is 4. The van der Waals surface area contributed by atoms with Crippen molar-refractivity contribution < 1.29 is 14.2 Å². The number of benzene rings is 2. The van der Waals surface area contributed by atoms with Crippen molar-refractivity contribution in [3.8, 4) is 5.75 Å². The minimum Gasteiger partial charge on any atom is -0.490 e. The highest BCUT2D eigenvalue weighted by Gasteiger charge is 2.23. The van der Waals surface area contributed by atoms with Crippen molar-refractivity contribution in [3.05, 3.63) is 65.0 Å². The van der Waals surface area contributed by atoms with Gasteiger partial charge < -0.3 is 9.84 Å². The molecule has 1 unspecified atom stereocenters. The third-order valence-corrected chi connectivity index (χ3v) is 3.47. The lowest BCUT2D eigenvalue weighted by Crippen LogP contribution is -2.03. The number of aliphatic hydroxyl groups is 1. The van der Waals surface area contributed by atoms with Gasteiger partial charge in [-0.05, 0) is 43.5 Å². The van der Waals surface area contributed by atoms with Gasteiger partial charge >= 0.3 is 0 Å². The molecule has 2 aromatic rings. The molecule has 1 aliphatic carbocycles. The van der Waals surface area contributed by atoms with E-state index < -0.39 is 6.10 Å². The van der Waals surface area contributed by atoms with Crippen LogP contribution in [0.2, 0.25) is 0 Å². The van der Waals surface area contributed by atoms with Gasteiger partial charge in [0.2, 0.25) is 0 Å². The molecule has 1 aliphatic rings. The van der Waals surface area contributed by atoms with Crippen molar-refractivity contribution in [2.24, 2.45) is 0 Å². The summed E-state index contributed by atoms with van der Waals surface area (Å²) in [5.41, 5.74) is 1.90. The highest BCUT2D eigenvalue weighted by molar-refractivity contribution is 5.36. The molecule has 0 spiro atoms. The Bertz CT molecular complexity index is 603. The Morgan fingerprint density at radius 3 is 2.50 bits per heavy atom. The monoisotopic (exact) mass is 272 g/mol. The van der Waals surface area contributed by atoms with E-state index in [9.17, 15) is 9.50 Å². The van der Waals surface area contributed by atoms with Crippen LogP contribution in [0.15, 0.2) is 42.5 Å². The fraction of sp³-hybridized carbons (Fsp3) is 0.294. The molecule has 0 bridgehead atoms. The summed E-state index contributed by atoms with van der Waals surface area (Å²) < 4.78 is 19.4. The first-order valence-corrected chi connectivity index (χ1v) is 6.84. The first kappa shape index (κ1) is 13.1. The van der Waals surface area contributed by atoms with Crippen LogP contribution in [0.1, 0.15) is 35.6 Å². The number of aryl methyl sites for hydroxylation is 1. The summed E-state index contributed by atoms with van der Waals surface area (Å²) in [7, 11) is 0. The molecule has 1 N–H and O–H groups in total. The van der Waals surface area contributed by atoms with E-state index in [-0.39, 0.29) is 5.82 Å². The number of hydrogen-bond donors (Lipinski definition) is 1. The van der Waals surface area contributed by atoms with Gasteiger partial charge in [0.25, 0.3) is 0 Å². The minimum absolute atomic E-state index is 0.306. The third kappa shape index (κ3) is 2.83. The molecule has 2 aromatic carbocycles. The molecule has 104 valence electrons. The first-order valence-electron chi connectivity index (χ1n) is 6.84. The summed E-state index contributed by atoms with van der Waals surface area (Å²) in [6.45, 7) is 1.88. The summed E-state index contributed by atoms with van der Waals surface area (Å²) >= 11 is 0. The molecule has 20 heavy (non-hydrogen) atoms. The fourth-order valence-electron chi connectivity index (χ4n) is 2.16. The second-order valence-electron chi connectivity index (χ2n) is 5.31. The Balaban J connectivity index is 1.81. The summed E-state index contributed by atoms with van der Waals surface area (Å²) in [5.74, 6) is 0.412. The lowest BCUT2D eigenvalue weighted by molar-refractivity contribution is 0.214. The standard InChI is InChI=1S/C17H17FO2/c1-11-2-9-16(18)15(10-11)17(19)12-3-5-13(6-4-12)20-14-7-8-14/h2-6,9-10,14,17,19H,7-8H2,1H3. The predicted octanol–water partition coefficient (Wildman–Crippen LogP) is 3.76. The molecule has 0 aromatic heterocycles. The first-order chi connectivity index (χ1) is 9.63. The molecule has 0 heterocycles. The summed E-state index contributed by atoms with van der Waals surface area (Å²) in [4.78, 5) is 0. The SMILES string of the molecule is Cc1ccc(F)c(C(O)c2ccc(OC3CC3)cc2)c1. The molecule has 1 atom stereocenters. The van der Waals surface area contributed by atoms with Crippen molar-refractivity contribution in [2.45, 2.75) is 32.0 Å². The Morgan fingerprint density at radius 1 is 1.15 bits per heavy atom. The minimum atomic E-state index is -0.954. The topological polar surface area (TPSA) is 29.5 Å². The normalized spacial score (nSPS) is 15.9. The zero-order valence-corrected chi connectivity index (χ0v) is 11.3. The Morgan fingerprint density at radius 2 is 1.85 bits per heavy atom. The van der Waals surface area contributed by atoms with E-state index in [2.05, 4.69) is 0 Å². The van der Waals surface area contributed by atoms with Crippen molar-refractivity contribution in [3.63, 3.8) is 0 Å². The molecule has 0 radical (unpaired) electrons. The smallest absolute Gasteiger partial charge is 0.129 e. The van der Waals surface area contributed by atoms with Crippen molar-refractivity contribution >= 4 is 0 Å². The number of ether oxygens (including phenoxy) is 1. The molecule has 1 saturated carbocycles. The second kappa shape index (κ2) is 5.25. The molecule has 0 aliphatic heterocycles. The van der Waals surface area contributed by atoms with E-state index >= 15 is 0 Å². The van der Waals surface area contributed by atoms with Gasteiger partial charge in [-0.3, -0.25) is 0 Å². The van der Waals surface area contributed by atoms with Crippen LogP contribution in [-0.2, 0) is 0 Å². The van der Waals surface area contributed by atoms with Gasteiger partial charge in [-0.25, -0.2) is 4.39 Å². The van der Waals surface area contributed by atoms with Crippen molar-refractivity contribution in [2.75, 3.05) is 0 Å². The summed E-state index contributed by atoms with van der Waals surface area (Å²) in [6, 6.07) is 12.0. The maximum atomic E-state index is 13.8. The quantitative estimate of drug-likeness (QED) is 0.918. The van der Waals surface area contributed by atoms with Crippen LogP contribution in [0.3, 0.4) is 0 Å². The second-order valence-corrected chi connectivity index (χ2v) is 5.31. The van der Waals surface area contributed by atoms with E-state index in [1.54, 1.807) is 24.3 Å². The molecule has 3 heteroatoms.